The molecule has 0 amide bonds. The smallest absolute Gasteiger partial charge is 0.0932 e. The summed E-state index contributed by atoms with van der Waals surface area (Å²) in [6.07, 6.45) is 6.32. The molecule has 0 aliphatic heterocycles. The summed E-state index contributed by atoms with van der Waals surface area (Å²) in [5.41, 5.74) is 1.66. The summed E-state index contributed by atoms with van der Waals surface area (Å²) < 4.78 is 0. The third kappa shape index (κ3) is 0.888. The van der Waals surface area contributed by atoms with E-state index < -0.39 is 0 Å². The molecule has 0 nitrogen and oxygen atoms in total. The molecule has 0 aromatic heterocycles. The molecule has 0 radical (unpaired) electrons. The van der Waals surface area contributed by atoms with Gasteiger partial charge in [-0.3, -0.25) is 0 Å². The molecule has 1 rings (SSSR count). The van der Waals surface area contributed by atoms with Crippen molar-refractivity contribution in [2.45, 2.75) is 19.2 Å². The molecule has 0 aromatic carbocycles. The monoisotopic (exact) mass is 80.1 g/mol. The lowest BCUT2D eigenvalue weighted by Gasteiger charge is -1.66. The van der Waals surface area contributed by atoms with Gasteiger partial charge in [0.25, 0.3) is 0 Å². The minimum Gasteiger partial charge on any atom is -0.0932 e. The fourth-order valence-electron chi connectivity index (χ4n) is 0.565. The zero-order chi connectivity index (χ0) is 4.41. The van der Waals surface area contributed by atoms with Crippen molar-refractivity contribution in [1.82, 2.24) is 0 Å². The molecule has 1 aliphatic rings. The average Bonchev–Trinajstić information content (AvgIpc) is 2.21. The van der Waals surface area contributed by atoms with Gasteiger partial charge in [-0.2, -0.15) is 0 Å². The Bertz CT molecular complexity index is 68.0. The lowest BCUT2D eigenvalue weighted by molar-refractivity contribution is 1.50. The number of hydrogen-bond donors (Lipinski definition) is 0. The van der Waals surface area contributed by atoms with E-state index >= 15 is 0 Å². The summed E-state index contributed by atoms with van der Waals surface area (Å²) in [5, 5.41) is 0. The van der Waals surface area contributed by atoms with Gasteiger partial charge in [0.15, 0.2) is 0 Å². The third-order valence-electron chi connectivity index (χ3n) is 1.03. The minimum absolute atomic E-state index is 1.23. The van der Waals surface area contributed by atoms with Crippen molar-refractivity contribution in [3.63, 3.8) is 0 Å². The second-order valence-corrected chi connectivity index (χ2v) is 1.77. The Balaban J connectivity index is 2.24. The van der Waals surface area contributed by atoms with Gasteiger partial charge in [0, 0.05) is 0 Å². The Morgan fingerprint density at radius 2 is 2.33 bits per heavy atom. The van der Waals surface area contributed by atoms with Crippen LogP contribution in [0.25, 0.3) is 0 Å². The average molecular weight is 79.9 g/mol. The van der Waals surface area contributed by atoms with Gasteiger partial charge in [0.2, 0.25) is 0 Å². The second-order valence-electron chi connectivity index (χ2n) is 1.77. The molecular weight excluding hydrogens is 70.9 g/mol. The van der Waals surface area contributed by atoms with Crippen LogP contribution in [0.5, 0.6) is 0 Å². The summed E-state index contributed by atoms with van der Waals surface area (Å²) in [4.78, 5) is 0. The molecule has 0 saturated heterocycles. The van der Waals surface area contributed by atoms with Gasteiger partial charge in [-0.25, -0.2) is 0 Å². The highest BCUT2D eigenvalue weighted by atomic mass is 14.1. The Hall–Kier alpha value is -0.195. The zero-order valence-corrected chi connectivity index (χ0v) is 4.20. The van der Waals surface area contributed by atoms with Crippen molar-refractivity contribution in [2.24, 2.45) is 0 Å². The molecule has 0 atom stereocenters. The van der Waals surface area contributed by atoms with Crippen molar-refractivity contribution >= 4 is 7.85 Å². The molecule has 1 aliphatic carbocycles. The van der Waals surface area contributed by atoms with Crippen molar-refractivity contribution < 1.29 is 0 Å². The van der Waals surface area contributed by atoms with E-state index in [9.17, 15) is 0 Å². The lowest BCUT2D eigenvalue weighted by atomic mass is 10.1. The van der Waals surface area contributed by atoms with Gasteiger partial charge in [-0.1, -0.05) is 18.0 Å². The van der Waals surface area contributed by atoms with Crippen LogP contribution in [0.2, 0.25) is 6.32 Å². The first kappa shape index (κ1) is 3.98. The van der Waals surface area contributed by atoms with E-state index in [2.05, 4.69) is 13.9 Å². The molecule has 0 spiro atoms. The van der Waals surface area contributed by atoms with Crippen LogP contribution in [0.4, 0.5) is 0 Å². The second kappa shape index (κ2) is 1.50. The molecule has 6 heavy (non-hydrogen) atoms. The molecule has 0 heterocycles. The predicted octanol–water partition coefficient (Wildman–Crippen LogP) is 0.758. The zero-order valence-electron chi connectivity index (χ0n) is 4.20. The topological polar surface area (TPSA) is 0 Å². The highest BCUT2D eigenvalue weighted by Gasteiger charge is 2.07. The van der Waals surface area contributed by atoms with Crippen LogP contribution in [-0.2, 0) is 0 Å². The molecule has 0 bridgehead atoms. The summed E-state index contributed by atoms with van der Waals surface area (Å²) in [6.45, 7) is 0. The first-order valence-corrected chi connectivity index (χ1v) is 2.61. The summed E-state index contributed by atoms with van der Waals surface area (Å²) in [5.74, 6) is 0. The standard InChI is InChI=1S/C5H9B/c6-4-3-5-1-2-5/h3H,1-2,4,6H2. The predicted molar refractivity (Wildman–Crippen MR) is 30.7 cm³/mol. The van der Waals surface area contributed by atoms with Crippen LogP contribution in [0, 0.1) is 0 Å². The minimum atomic E-state index is 1.23. The third-order valence-corrected chi connectivity index (χ3v) is 1.03. The van der Waals surface area contributed by atoms with Gasteiger partial charge in [-0.05, 0) is 12.8 Å². The van der Waals surface area contributed by atoms with Crippen molar-refractivity contribution in [3.05, 3.63) is 11.6 Å². The number of allylic oxidation sites excluding steroid dienone is 2. The van der Waals surface area contributed by atoms with E-state index in [-0.39, 0.29) is 0 Å². The maximum atomic E-state index is 2.32. The normalized spacial score (nSPS) is 17.7. The quantitative estimate of drug-likeness (QED) is 0.322. The summed E-state index contributed by atoms with van der Waals surface area (Å²) >= 11 is 0. The highest BCUT2D eigenvalue weighted by molar-refractivity contribution is 6.09. The Labute approximate surface area is 39.7 Å². The van der Waals surface area contributed by atoms with Crippen LogP contribution < -0.4 is 0 Å². The molecule has 1 heteroatoms. The lowest BCUT2D eigenvalue weighted by Crippen LogP contribution is -1.53. The van der Waals surface area contributed by atoms with E-state index in [0.717, 1.165) is 0 Å². The van der Waals surface area contributed by atoms with Gasteiger partial charge in [0.1, 0.15) is 7.85 Å². The maximum absolute atomic E-state index is 2.32. The Morgan fingerprint density at radius 1 is 1.67 bits per heavy atom. The van der Waals surface area contributed by atoms with Crippen molar-refractivity contribution in [2.75, 3.05) is 0 Å². The SMILES string of the molecule is BCC=C1CC1. The molecule has 1 fully saturated rings. The fraction of sp³-hybridized carbons (Fsp3) is 0.600. The van der Waals surface area contributed by atoms with Crippen molar-refractivity contribution in [3.8, 4) is 0 Å². The summed E-state index contributed by atoms with van der Waals surface area (Å²) in [7, 11) is 2.19. The van der Waals surface area contributed by atoms with Crippen LogP contribution in [-0.4, -0.2) is 7.85 Å². The Morgan fingerprint density at radius 3 is 2.50 bits per heavy atom. The number of rotatable bonds is 1. The van der Waals surface area contributed by atoms with E-state index in [4.69, 9.17) is 0 Å². The van der Waals surface area contributed by atoms with Gasteiger partial charge in [-0.15, -0.1) is 0 Å². The van der Waals surface area contributed by atoms with Gasteiger partial charge < -0.3 is 0 Å². The highest BCUT2D eigenvalue weighted by Crippen LogP contribution is 2.27. The van der Waals surface area contributed by atoms with Crippen LogP contribution in [0.3, 0.4) is 0 Å². The van der Waals surface area contributed by atoms with Crippen molar-refractivity contribution in [1.29, 1.82) is 0 Å². The fourth-order valence-corrected chi connectivity index (χ4v) is 0.565. The molecule has 0 aromatic rings. The van der Waals surface area contributed by atoms with E-state index in [0.29, 0.717) is 0 Å². The molecular formula is C5H9B. The molecule has 32 valence electrons. The Kier molecular flexibility index (Phi) is 0.996. The van der Waals surface area contributed by atoms with Crippen LogP contribution >= 0.6 is 0 Å². The molecule has 0 unspecified atom stereocenters. The van der Waals surface area contributed by atoms with Crippen LogP contribution in [0.15, 0.2) is 11.6 Å². The van der Waals surface area contributed by atoms with Crippen LogP contribution in [0.1, 0.15) is 12.8 Å². The van der Waals surface area contributed by atoms with E-state index in [1.165, 1.54) is 19.2 Å². The number of hydrogen-bond acceptors (Lipinski definition) is 0. The largest absolute Gasteiger partial charge is 0.106 e. The summed E-state index contributed by atoms with van der Waals surface area (Å²) in [6, 6.07) is 0. The molecule has 0 N–H and O–H groups in total. The van der Waals surface area contributed by atoms with E-state index in [1.54, 1.807) is 5.57 Å². The maximum Gasteiger partial charge on any atom is 0.106 e. The first-order valence-electron chi connectivity index (χ1n) is 2.61. The first-order chi connectivity index (χ1) is 2.93. The molecule has 1 saturated carbocycles. The van der Waals surface area contributed by atoms with Gasteiger partial charge in [0.05, 0.1) is 0 Å². The van der Waals surface area contributed by atoms with E-state index in [1.807, 2.05) is 0 Å². The van der Waals surface area contributed by atoms with Gasteiger partial charge >= 0.3 is 0 Å².